The highest BCUT2D eigenvalue weighted by Crippen LogP contribution is 2.12. The zero-order valence-corrected chi connectivity index (χ0v) is 9.16. The normalized spacial score (nSPS) is 10.9. The first-order valence-electron chi connectivity index (χ1n) is 4.84. The van der Waals surface area contributed by atoms with E-state index in [0.717, 1.165) is 0 Å². The summed E-state index contributed by atoms with van der Waals surface area (Å²) < 4.78 is 0. The van der Waals surface area contributed by atoms with Crippen molar-refractivity contribution >= 4 is 17.8 Å². The highest BCUT2D eigenvalue weighted by Gasteiger charge is 2.10. The van der Waals surface area contributed by atoms with Gasteiger partial charge in [-0.2, -0.15) is 5.10 Å². The Balaban J connectivity index is 2.75. The molecule has 1 aromatic carbocycles. The Morgan fingerprint density at radius 3 is 2.94 bits per heavy atom. The number of allylic oxidation sites excluding steroid dienone is 2. The molecule has 0 aliphatic rings. The van der Waals surface area contributed by atoms with Crippen LogP contribution in [0.25, 0.3) is 0 Å². The molecule has 0 fully saturated rings. The quantitative estimate of drug-likeness (QED) is 0.489. The van der Waals surface area contributed by atoms with Gasteiger partial charge < -0.3 is 0 Å². The van der Waals surface area contributed by atoms with Crippen LogP contribution in [0.5, 0.6) is 0 Å². The molecule has 17 heavy (non-hydrogen) atoms. The molecule has 0 unspecified atom stereocenters. The summed E-state index contributed by atoms with van der Waals surface area (Å²) >= 11 is 0. The minimum Gasteiger partial charge on any atom is -0.267 e. The summed E-state index contributed by atoms with van der Waals surface area (Å²) in [6.07, 6.45) is 4.81. The topological polar surface area (TPSA) is 84.6 Å². The van der Waals surface area contributed by atoms with Gasteiger partial charge in [0.2, 0.25) is 0 Å². The van der Waals surface area contributed by atoms with Crippen molar-refractivity contribution in [3.63, 3.8) is 0 Å². The number of non-ortho nitro benzene ring substituents is 1. The maximum Gasteiger partial charge on any atom is 0.271 e. The molecule has 1 aromatic rings. The second-order valence-corrected chi connectivity index (χ2v) is 3.05. The van der Waals surface area contributed by atoms with Crippen LogP contribution in [0.3, 0.4) is 0 Å². The Bertz CT molecular complexity index is 481. The van der Waals surface area contributed by atoms with Crippen molar-refractivity contribution < 1.29 is 9.72 Å². The molecule has 0 radical (unpaired) electrons. The molecule has 88 valence electrons. The standard InChI is InChI=1S/C11H11N3O3/c1-2-3-7-12-13-11(15)9-5-4-6-10(8-9)14(16)17/h2-8H,1H3,(H,13,15)/b3-2+,12-7+. The van der Waals surface area contributed by atoms with Crippen LogP contribution < -0.4 is 5.43 Å². The predicted octanol–water partition coefficient (Wildman–Crippen LogP) is 1.89. The Labute approximate surface area is 97.8 Å². The van der Waals surface area contributed by atoms with Crippen molar-refractivity contribution in [2.45, 2.75) is 6.92 Å². The van der Waals surface area contributed by atoms with Crippen LogP contribution in [0.4, 0.5) is 5.69 Å². The summed E-state index contributed by atoms with van der Waals surface area (Å²) in [5.74, 6) is -0.491. The minimum absolute atomic E-state index is 0.130. The predicted molar refractivity (Wildman–Crippen MR) is 63.9 cm³/mol. The van der Waals surface area contributed by atoms with Gasteiger partial charge in [-0.25, -0.2) is 5.43 Å². The number of nitro groups is 1. The number of benzene rings is 1. The minimum atomic E-state index is -0.556. The van der Waals surface area contributed by atoms with E-state index in [2.05, 4.69) is 10.5 Å². The molecule has 1 N–H and O–H groups in total. The van der Waals surface area contributed by atoms with Gasteiger partial charge in [0, 0.05) is 23.9 Å². The smallest absolute Gasteiger partial charge is 0.267 e. The summed E-state index contributed by atoms with van der Waals surface area (Å²) in [6.45, 7) is 1.81. The maximum absolute atomic E-state index is 11.5. The zero-order valence-electron chi connectivity index (χ0n) is 9.16. The molecule has 0 aliphatic carbocycles. The van der Waals surface area contributed by atoms with Crippen molar-refractivity contribution in [3.05, 3.63) is 52.1 Å². The van der Waals surface area contributed by atoms with Gasteiger partial charge in [-0.3, -0.25) is 14.9 Å². The molecule has 0 saturated carbocycles. The van der Waals surface area contributed by atoms with E-state index in [0.29, 0.717) is 0 Å². The lowest BCUT2D eigenvalue weighted by Crippen LogP contribution is -2.17. The van der Waals surface area contributed by atoms with Gasteiger partial charge >= 0.3 is 0 Å². The van der Waals surface area contributed by atoms with Gasteiger partial charge in [0.1, 0.15) is 0 Å². The van der Waals surface area contributed by atoms with E-state index in [1.165, 1.54) is 30.5 Å². The molecule has 0 spiro atoms. The third-order valence-corrected chi connectivity index (χ3v) is 1.84. The van der Waals surface area contributed by atoms with Gasteiger partial charge in [-0.15, -0.1) is 0 Å². The monoisotopic (exact) mass is 233 g/mol. The number of nitrogens with zero attached hydrogens (tertiary/aromatic N) is 2. The number of hydrazone groups is 1. The number of carbonyl (C=O) groups excluding carboxylic acids is 1. The van der Waals surface area contributed by atoms with Crippen LogP contribution in [0.15, 0.2) is 41.5 Å². The molecule has 6 heteroatoms. The first-order chi connectivity index (χ1) is 8.15. The maximum atomic E-state index is 11.5. The van der Waals surface area contributed by atoms with Crippen molar-refractivity contribution in [1.82, 2.24) is 5.43 Å². The van der Waals surface area contributed by atoms with Gasteiger partial charge in [0.15, 0.2) is 0 Å². The fourth-order valence-electron chi connectivity index (χ4n) is 1.05. The Morgan fingerprint density at radius 1 is 1.53 bits per heavy atom. The number of nitro benzene ring substituents is 1. The molecule has 0 aliphatic heterocycles. The number of nitrogens with one attached hydrogen (secondary N) is 1. The van der Waals surface area contributed by atoms with Crippen LogP contribution in [0.1, 0.15) is 17.3 Å². The van der Waals surface area contributed by atoms with E-state index in [4.69, 9.17) is 0 Å². The number of rotatable bonds is 4. The van der Waals surface area contributed by atoms with Crippen LogP contribution in [0.2, 0.25) is 0 Å². The molecule has 0 aromatic heterocycles. The average Bonchev–Trinajstić information content (AvgIpc) is 2.34. The molecular formula is C11H11N3O3. The van der Waals surface area contributed by atoms with Gasteiger partial charge in [0.05, 0.1) is 4.92 Å². The van der Waals surface area contributed by atoms with E-state index in [1.807, 2.05) is 6.92 Å². The summed E-state index contributed by atoms with van der Waals surface area (Å²) in [5, 5.41) is 14.1. The Kier molecular flexibility index (Phi) is 4.56. The lowest BCUT2D eigenvalue weighted by atomic mass is 10.2. The van der Waals surface area contributed by atoms with Gasteiger partial charge in [0.25, 0.3) is 11.6 Å². The largest absolute Gasteiger partial charge is 0.271 e. The van der Waals surface area contributed by atoms with Crippen LogP contribution in [0, 0.1) is 10.1 Å². The van der Waals surface area contributed by atoms with Crippen molar-refractivity contribution in [2.75, 3.05) is 0 Å². The van der Waals surface area contributed by atoms with E-state index in [-0.39, 0.29) is 11.3 Å². The average molecular weight is 233 g/mol. The summed E-state index contributed by atoms with van der Waals surface area (Å²) in [4.78, 5) is 21.5. The Hall–Kier alpha value is -2.50. The van der Waals surface area contributed by atoms with Crippen LogP contribution in [-0.2, 0) is 0 Å². The number of hydrogen-bond donors (Lipinski definition) is 1. The molecular weight excluding hydrogens is 222 g/mol. The third kappa shape index (κ3) is 3.86. The molecule has 0 heterocycles. The highest BCUT2D eigenvalue weighted by atomic mass is 16.6. The first-order valence-corrected chi connectivity index (χ1v) is 4.84. The summed E-state index contributed by atoms with van der Waals surface area (Å²) in [7, 11) is 0. The van der Waals surface area contributed by atoms with E-state index >= 15 is 0 Å². The lowest BCUT2D eigenvalue weighted by molar-refractivity contribution is -0.384. The molecule has 6 nitrogen and oxygen atoms in total. The molecule has 1 rings (SSSR count). The molecule has 0 atom stereocenters. The van der Waals surface area contributed by atoms with E-state index in [1.54, 1.807) is 12.2 Å². The van der Waals surface area contributed by atoms with Gasteiger partial charge in [-0.05, 0) is 19.1 Å². The second-order valence-electron chi connectivity index (χ2n) is 3.05. The molecule has 0 saturated heterocycles. The van der Waals surface area contributed by atoms with Crippen LogP contribution >= 0.6 is 0 Å². The second kappa shape index (κ2) is 6.16. The number of carbonyl (C=O) groups is 1. The lowest BCUT2D eigenvalue weighted by Gasteiger charge is -1.98. The first kappa shape index (κ1) is 12.6. The fourth-order valence-corrected chi connectivity index (χ4v) is 1.05. The SMILES string of the molecule is C/C=C/C=N/NC(=O)c1cccc([N+](=O)[O-])c1. The number of hydrogen-bond acceptors (Lipinski definition) is 4. The van der Waals surface area contributed by atoms with Gasteiger partial charge in [-0.1, -0.05) is 12.1 Å². The molecule has 0 bridgehead atoms. The van der Waals surface area contributed by atoms with Crippen molar-refractivity contribution in [2.24, 2.45) is 5.10 Å². The summed E-state index contributed by atoms with van der Waals surface area (Å²) in [6, 6.07) is 5.44. The fraction of sp³-hybridized carbons (Fsp3) is 0.0909. The zero-order chi connectivity index (χ0) is 12.7. The van der Waals surface area contributed by atoms with Crippen molar-refractivity contribution in [3.8, 4) is 0 Å². The highest BCUT2D eigenvalue weighted by molar-refractivity contribution is 5.95. The van der Waals surface area contributed by atoms with Crippen molar-refractivity contribution in [1.29, 1.82) is 0 Å². The summed E-state index contributed by atoms with van der Waals surface area (Å²) in [5.41, 5.74) is 2.32. The Morgan fingerprint density at radius 2 is 2.29 bits per heavy atom. The molecule has 1 amide bonds. The number of amides is 1. The van der Waals surface area contributed by atoms with E-state index in [9.17, 15) is 14.9 Å². The third-order valence-electron chi connectivity index (χ3n) is 1.84. The van der Waals surface area contributed by atoms with E-state index < -0.39 is 10.8 Å². The van der Waals surface area contributed by atoms with Crippen LogP contribution in [-0.4, -0.2) is 17.0 Å².